The van der Waals surface area contributed by atoms with Crippen molar-refractivity contribution in [3.63, 3.8) is 0 Å². The first-order valence-corrected chi connectivity index (χ1v) is 8.70. The van der Waals surface area contributed by atoms with Gasteiger partial charge in [-0.05, 0) is 30.7 Å². The second-order valence-electron chi connectivity index (χ2n) is 5.07. The number of hydrogen-bond acceptors (Lipinski definition) is 6. The second kappa shape index (κ2) is 7.40. The lowest BCUT2D eigenvalue weighted by atomic mass is 10.2. The van der Waals surface area contributed by atoms with Gasteiger partial charge in [0.1, 0.15) is 11.6 Å². The van der Waals surface area contributed by atoms with E-state index in [-0.39, 0.29) is 11.5 Å². The molecule has 7 nitrogen and oxygen atoms in total. The van der Waals surface area contributed by atoms with Gasteiger partial charge in [-0.1, -0.05) is 0 Å². The van der Waals surface area contributed by atoms with Crippen LogP contribution in [0.3, 0.4) is 0 Å². The Morgan fingerprint density at radius 1 is 1.22 bits per heavy atom. The number of ether oxygens (including phenoxy) is 2. The van der Waals surface area contributed by atoms with Crippen molar-refractivity contribution in [3.05, 3.63) is 30.1 Å². The Morgan fingerprint density at radius 2 is 1.91 bits per heavy atom. The van der Waals surface area contributed by atoms with E-state index >= 15 is 0 Å². The number of benzene rings is 1. The smallest absolute Gasteiger partial charge is 0.344 e. The normalized spacial score (nSPS) is 19.1. The second-order valence-corrected chi connectivity index (χ2v) is 7.30. The molecule has 0 bridgehead atoms. The molecule has 1 saturated heterocycles. The highest BCUT2D eigenvalue weighted by Gasteiger charge is 2.29. The fraction of sp³-hybridized carbons (Fsp3) is 0.429. The number of hydrogen-bond donors (Lipinski definition) is 1. The lowest BCUT2D eigenvalue weighted by Gasteiger charge is -2.11. The molecule has 0 unspecified atom stereocenters. The largest absolute Gasteiger partial charge is 0.482 e. The molecule has 0 aliphatic carbocycles. The van der Waals surface area contributed by atoms with Crippen molar-refractivity contribution in [2.75, 3.05) is 24.7 Å². The van der Waals surface area contributed by atoms with Gasteiger partial charge in [0.05, 0.1) is 11.5 Å². The fourth-order valence-corrected chi connectivity index (χ4v) is 3.71. The van der Waals surface area contributed by atoms with Crippen molar-refractivity contribution in [1.29, 1.82) is 0 Å². The number of sulfone groups is 1. The van der Waals surface area contributed by atoms with Gasteiger partial charge in [-0.3, -0.25) is 4.79 Å². The van der Waals surface area contributed by atoms with Gasteiger partial charge in [-0.15, -0.1) is 0 Å². The van der Waals surface area contributed by atoms with Gasteiger partial charge in [-0.2, -0.15) is 0 Å². The number of carbonyl (C=O) groups is 2. The van der Waals surface area contributed by atoms with Crippen LogP contribution in [-0.2, 0) is 24.2 Å². The molecule has 0 radical (unpaired) electrons. The van der Waals surface area contributed by atoms with E-state index < -0.39 is 46.8 Å². The van der Waals surface area contributed by atoms with E-state index in [4.69, 9.17) is 9.47 Å². The summed E-state index contributed by atoms with van der Waals surface area (Å²) in [5.74, 6) is -1.51. The average Bonchev–Trinajstić information content (AvgIpc) is 2.83. The highest BCUT2D eigenvalue weighted by molar-refractivity contribution is 7.91. The van der Waals surface area contributed by atoms with Crippen LogP contribution in [0.2, 0.25) is 0 Å². The molecule has 1 heterocycles. The van der Waals surface area contributed by atoms with Gasteiger partial charge in [0, 0.05) is 6.04 Å². The summed E-state index contributed by atoms with van der Waals surface area (Å²) in [7, 11) is -3.08. The predicted molar refractivity (Wildman–Crippen MR) is 78.1 cm³/mol. The number of rotatable bonds is 6. The molecule has 2 rings (SSSR count). The first-order chi connectivity index (χ1) is 10.8. The molecule has 1 atom stereocenters. The highest BCUT2D eigenvalue weighted by Crippen LogP contribution is 2.11. The maximum atomic E-state index is 12.7. The van der Waals surface area contributed by atoms with Gasteiger partial charge in [0.2, 0.25) is 0 Å². The lowest BCUT2D eigenvalue weighted by molar-refractivity contribution is -0.150. The van der Waals surface area contributed by atoms with Crippen molar-refractivity contribution >= 4 is 21.7 Å². The molecular formula is C14H16FNO6S. The minimum absolute atomic E-state index is 0.0449. The van der Waals surface area contributed by atoms with Gasteiger partial charge in [0.15, 0.2) is 23.1 Å². The topological polar surface area (TPSA) is 98.8 Å². The number of nitrogens with one attached hydrogen (secondary N) is 1. The molecule has 0 spiro atoms. The number of esters is 1. The molecule has 23 heavy (non-hydrogen) atoms. The van der Waals surface area contributed by atoms with E-state index in [0.29, 0.717) is 12.2 Å². The summed E-state index contributed by atoms with van der Waals surface area (Å²) < 4.78 is 45.0. The first-order valence-electron chi connectivity index (χ1n) is 6.88. The van der Waals surface area contributed by atoms with E-state index in [0.717, 1.165) is 0 Å². The Morgan fingerprint density at radius 3 is 2.52 bits per heavy atom. The van der Waals surface area contributed by atoms with Crippen molar-refractivity contribution < 1.29 is 31.9 Å². The molecular weight excluding hydrogens is 329 g/mol. The highest BCUT2D eigenvalue weighted by atomic mass is 32.2. The summed E-state index contributed by atoms with van der Waals surface area (Å²) in [5.41, 5.74) is 0. The van der Waals surface area contributed by atoms with Crippen molar-refractivity contribution in [1.82, 2.24) is 5.32 Å². The summed E-state index contributed by atoms with van der Waals surface area (Å²) in [6.07, 6.45) is 0.357. The maximum Gasteiger partial charge on any atom is 0.344 e. The van der Waals surface area contributed by atoms with E-state index in [9.17, 15) is 22.4 Å². The van der Waals surface area contributed by atoms with Crippen LogP contribution in [0.1, 0.15) is 6.42 Å². The Kier molecular flexibility index (Phi) is 5.54. The van der Waals surface area contributed by atoms with Gasteiger partial charge in [-0.25, -0.2) is 17.6 Å². The zero-order chi connectivity index (χ0) is 16.9. The molecule has 1 N–H and O–H groups in total. The van der Waals surface area contributed by atoms with Crippen LogP contribution in [0, 0.1) is 5.82 Å². The van der Waals surface area contributed by atoms with Crippen LogP contribution in [0.4, 0.5) is 4.39 Å². The van der Waals surface area contributed by atoms with Gasteiger partial charge < -0.3 is 14.8 Å². The monoisotopic (exact) mass is 345 g/mol. The third kappa shape index (κ3) is 5.85. The molecule has 126 valence electrons. The van der Waals surface area contributed by atoms with E-state index in [1.165, 1.54) is 24.3 Å². The van der Waals surface area contributed by atoms with Crippen LogP contribution >= 0.6 is 0 Å². The van der Waals surface area contributed by atoms with Crippen LogP contribution in [-0.4, -0.2) is 51.1 Å². The standard InChI is InChI=1S/C14H16FNO6S/c15-10-1-3-12(4-2-10)21-8-14(18)22-7-13(17)16-11-5-6-23(19,20)9-11/h1-4,11H,5-9H2,(H,16,17)/t11-/m1/s1. The van der Waals surface area contributed by atoms with E-state index in [1.54, 1.807) is 0 Å². The summed E-state index contributed by atoms with van der Waals surface area (Å²) in [4.78, 5) is 23.0. The van der Waals surface area contributed by atoms with Crippen LogP contribution < -0.4 is 10.1 Å². The Hall–Kier alpha value is -2.16. The Labute approximate surface area is 132 Å². The molecule has 1 aliphatic heterocycles. The Balaban J connectivity index is 1.66. The van der Waals surface area contributed by atoms with Crippen molar-refractivity contribution in [2.24, 2.45) is 0 Å². The SMILES string of the molecule is O=C(COC(=O)COc1ccc(F)cc1)N[C@@H]1CCS(=O)(=O)C1. The summed E-state index contributed by atoms with van der Waals surface area (Å²) in [6.45, 7) is -0.932. The zero-order valence-electron chi connectivity index (χ0n) is 12.2. The van der Waals surface area contributed by atoms with Gasteiger partial charge in [0.25, 0.3) is 5.91 Å². The number of carbonyl (C=O) groups excluding carboxylic acids is 2. The van der Waals surface area contributed by atoms with Crippen LogP contribution in [0.15, 0.2) is 24.3 Å². The van der Waals surface area contributed by atoms with Crippen molar-refractivity contribution in [2.45, 2.75) is 12.5 Å². The third-order valence-corrected chi connectivity index (χ3v) is 4.90. The molecule has 9 heteroatoms. The molecule has 0 aromatic heterocycles. The molecule has 0 saturated carbocycles. The minimum Gasteiger partial charge on any atom is -0.482 e. The molecule has 1 amide bonds. The molecule has 1 fully saturated rings. The van der Waals surface area contributed by atoms with E-state index in [2.05, 4.69) is 5.32 Å². The number of halogens is 1. The van der Waals surface area contributed by atoms with Crippen LogP contribution in [0.5, 0.6) is 5.75 Å². The number of amides is 1. The zero-order valence-corrected chi connectivity index (χ0v) is 13.0. The summed E-state index contributed by atoms with van der Waals surface area (Å²) in [6, 6.07) is 4.64. The third-order valence-electron chi connectivity index (χ3n) is 3.13. The van der Waals surface area contributed by atoms with E-state index in [1.807, 2.05) is 0 Å². The van der Waals surface area contributed by atoms with Gasteiger partial charge >= 0.3 is 5.97 Å². The Bertz CT molecular complexity index is 673. The molecule has 1 aliphatic rings. The van der Waals surface area contributed by atoms with Crippen LogP contribution in [0.25, 0.3) is 0 Å². The quantitative estimate of drug-likeness (QED) is 0.732. The summed E-state index contributed by atoms with van der Waals surface area (Å²) >= 11 is 0. The molecule has 1 aromatic rings. The molecule has 1 aromatic carbocycles. The minimum atomic E-state index is -3.08. The first kappa shape index (κ1) is 17.2. The summed E-state index contributed by atoms with van der Waals surface area (Å²) in [5, 5.41) is 2.49. The fourth-order valence-electron chi connectivity index (χ4n) is 2.04. The predicted octanol–water partition coefficient (Wildman–Crippen LogP) is 0.0510. The lowest BCUT2D eigenvalue weighted by Crippen LogP contribution is -2.38. The van der Waals surface area contributed by atoms with Crippen molar-refractivity contribution in [3.8, 4) is 5.75 Å². The average molecular weight is 345 g/mol. The maximum absolute atomic E-state index is 12.7.